The molecule has 9 nitrogen and oxygen atoms in total. The van der Waals surface area contributed by atoms with Gasteiger partial charge in [-0.3, -0.25) is 14.1 Å². The summed E-state index contributed by atoms with van der Waals surface area (Å²) in [4.78, 5) is 42.6. The lowest BCUT2D eigenvalue weighted by molar-refractivity contribution is -0.161. The van der Waals surface area contributed by atoms with Crippen LogP contribution in [0.4, 0.5) is 0 Å². The molecular weight excluding hydrogens is 631 g/mol. The molecule has 0 aromatic carbocycles. The quantitative estimate of drug-likeness (QED) is 0.0265. The lowest BCUT2D eigenvalue weighted by Gasteiger charge is -2.18. The molecule has 0 rings (SSSR count). The standard InChI is InChI=1S/C38H67O9P/c1-3-35(2)29-25-21-17-14-15-18-22-26-30-37(40)45-33-36(34-46-48(42,43)44)47-38(41)31-27-23-19-13-11-9-7-5-4-6-8-10-12-16-20-24-28-32-39/h4,6-7,9-10,12-13,19,35-36,39H,3,5,8,11,14-18,20-34H2,1-2H3,(H2,42,43,44)/b6-4-,9-7-,12-10-,19-13-/t35?,36-/m1/s1. The highest BCUT2D eigenvalue weighted by molar-refractivity contribution is 7.46. The van der Waals surface area contributed by atoms with Crippen molar-refractivity contribution in [3.63, 3.8) is 0 Å². The molecule has 2 atom stereocenters. The van der Waals surface area contributed by atoms with Gasteiger partial charge in [0.15, 0.2) is 6.10 Å². The maximum Gasteiger partial charge on any atom is 0.469 e. The summed E-state index contributed by atoms with van der Waals surface area (Å²) in [6.45, 7) is 3.95. The Morgan fingerprint density at radius 3 is 1.71 bits per heavy atom. The summed E-state index contributed by atoms with van der Waals surface area (Å²) >= 11 is 0. The van der Waals surface area contributed by atoms with Crippen LogP contribution in [0.5, 0.6) is 0 Å². The van der Waals surface area contributed by atoms with E-state index in [9.17, 15) is 14.2 Å². The normalized spacial score (nSPS) is 13.7. The van der Waals surface area contributed by atoms with E-state index < -0.39 is 32.5 Å². The molecule has 0 saturated carbocycles. The predicted octanol–water partition coefficient (Wildman–Crippen LogP) is 9.62. The van der Waals surface area contributed by atoms with E-state index >= 15 is 0 Å². The molecule has 278 valence electrons. The minimum atomic E-state index is -4.77. The molecule has 0 aromatic rings. The molecule has 0 bridgehead atoms. The molecule has 0 aliphatic heterocycles. The summed E-state index contributed by atoms with van der Waals surface area (Å²) in [5, 5.41) is 8.76. The second-order valence-corrected chi connectivity index (χ2v) is 13.8. The third-order valence-electron chi connectivity index (χ3n) is 7.95. The van der Waals surface area contributed by atoms with Crippen molar-refractivity contribution >= 4 is 19.8 Å². The number of carbonyl (C=O) groups excluding carboxylic acids is 2. The molecule has 0 saturated heterocycles. The lowest BCUT2D eigenvalue weighted by Crippen LogP contribution is -2.29. The van der Waals surface area contributed by atoms with Crippen molar-refractivity contribution in [3.8, 4) is 0 Å². The zero-order valence-corrected chi connectivity index (χ0v) is 30.9. The second kappa shape index (κ2) is 33.5. The molecule has 1 unspecified atom stereocenters. The van der Waals surface area contributed by atoms with Crippen molar-refractivity contribution in [2.75, 3.05) is 19.8 Å². The first-order chi connectivity index (χ1) is 23.2. The SMILES string of the molecule is CCC(C)CCCCCCCCCCC(=O)OC[C@H](COP(=O)(O)O)OC(=O)CCC/C=C\C/C=C\C/C=C\C/C=C\CCCCCO. The molecule has 0 spiro atoms. The van der Waals surface area contributed by atoms with Crippen LogP contribution in [0.3, 0.4) is 0 Å². The Hall–Kier alpha value is -2.03. The Morgan fingerprint density at radius 1 is 0.646 bits per heavy atom. The van der Waals surface area contributed by atoms with Crippen molar-refractivity contribution in [1.29, 1.82) is 0 Å². The number of hydrogen-bond donors (Lipinski definition) is 3. The molecule has 0 fully saturated rings. The summed E-state index contributed by atoms with van der Waals surface area (Å²) in [5.41, 5.74) is 0. The molecule has 10 heteroatoms. The maximum atomic E-state index is 12.3. The smallest absolute Gasteiger partial charge is 0.462 e. The topological polar surface area (TPSA) is 140 Å². The van der Waals surface area contributed by atoms with Gasteiger partial charge in [-0.1, -0.05) is 127 Å². The average Bonchev–Trinajstić information content (AvgIpc) is 3.05. The van der Waals surface area contributed by atoms with Gasteiger partial charge in [-0.25, -0.2) is 4.57 Å². The van der Waals surface area contributed by atoms with E-state index in [0.29, 0.717) is 19.3 Å². The molecule has 0 radical (unpaired) electrons. The van der Waals surface area contributed by atoms with Gasteiger partial charge in [0, 0.05) is 19.4 Å². The number of unbranched alkanes of at least 4 members (excludes halogenated alkanes) is 11. The van der Waals surface area contributed by atoms with E-state index in [1.165, 1.54) is 38.5 Å². The molecule has 0 amide bonds. The first kappa shape index (κ1) is 46.0. The minimum Gasteiger partial charge on any atom is -0.462 e. The van der Waals surface area contributed by atoms with Crippen molar-refractivity contribution in [2.24, 2.45) is 5.92 Å². The largest absolute Gasteiger partial charge is 0.469 e. The van der Waals surface area contributed by atoms with Crippen LogP contribution in [0.25, 0.3) is 0 Å². The van der Waals surface area contributed by atoms with Gasteiger partial charge >= 0.3 is 19.8 Å². The zero-order chi connectivity index (χ0) is 35.6. The number of esters is 2. The second-order valence-electron chi connectivity index (χ2n) is 12.5. The van der Waals surface area contributed by atoms with Crippen LogP contribution in [0.2, 0.25) is 0 Å². The monoisotopic (exact) mass is 698 g/mol. The summed E-state index contributed by atoms with van der Waals surface area (Å²) in [5.74, 6) is -0.150. The number of phosphoric ester groups is 1. The van der Waals surface area contributed by atoms with Crippen molar-refractivity contribution < 1.29 is 43.0 Å². The van der Waals surface area contributed by atoms with Crippen molar-refractivity contribution in [2.45, 2.75) is 155 Å². The summed E-state index contributed by atoms with van der Waals surface area (Å²) in [6.07, 6.45) is 35.7. The van der Waals surface area contributed by atoms with E-state index in [-0.39, 0.29) is 26.1 Å². The van der Waals surface area contributed by atoms with Crippen LogP contribution in [0, 0.1) is 5.92 Å². The highest BCUT2D eigenvalue weighted by Crippen LogP contribution is 2.36. The van der Waals surface area contributed by atoms with E-state index in [2.05, 4.69) is 54.8 Å². The van der Waals surface area contributed by atoms with Crippen molar-refractivity contribution in [3.05, 3.63) is 48.6 Å². The predicted molar refractivity (Wildman–Crippen MR) is 194 cm³/mol. The van der Waals surface area contributed by atoms with Gasteiger partial charge in [-0.05, 0) is 63.7 Å². The van der Waals surface area contributed by atoms with Crippen LogP contribution >= 0.6 is 7.82 Å². The van der Waals surface area contributed by atoms with E-state index in [1.807, 2.05) is 12.2 Å². The van der Waals surface area contributed by atoms with Crippen molar-refractivity contribution in [1.82, 2.24) is 0 Å². The Balaban J connectivity index is 4.10. The lowest BCUT2D eigenvalue weighted by atomic mass is 9.99. The summed E-state index contributed by atoms with van der Waals surface area (Å²) < 4.78 is 26.2. The third kappa shape index (κ3) is 35.3. The van der Waals surface area contributed by atoms with Crippen LogP contribution in [0.15, 0.2) is 48.6 Å². The molecular formula is C38H67O9P. The highest BCUT2D eigenvalue weighted by Gasteiger charge is 2.22. The first-order valence-corrected chi connectivity index (χ1v) is 20.0. The third-order valence-corrected chi connectivity index (χ3v) is 8.43. The number of hydrogen-bond acceptors (Lipinski definition) is 7. The van der Waals surface area contributed by atoms with Gasteiger partial charge in [-0.2, -0.15) is 0 Å². The fraction of sp³-hybridized carbons (Fsp3) is 0.737. The molecule has 3 N–H and O–H groups in total. The molecule has 48 heavy (non-hydrogen) atoms. The van der Waals surface area contributed by atoms with Crippen LogP contribution in [0.1, 0.15) is 149 Å². The number of allylic oxidation sites excluding steroid dienone is 8. The van der Waals surface area contributed by atoms with Gasteiger partial charge in [-0.15, -0.1) is 0 Å². The summed E-state index contributed by atoms with van der Waals surface area (Å²) in [7, 11) is -4.77. The first-order valence-electron chi connectivity index (χ1n) is 18.4. The molecule has 0 aromatic heterocycles. The van der Waals surface area contributed by atoms with E-state index in [0.717, 1.165) is 70.1 Å². The highest BCUT2D eigenvalue weighted by atomic mass is 31.2. The van der Waals surface area contributed by atoms with Gasteiger partial charge in [0.1, 0.15) is 6.61 Å². The Kier molecular flexibility index (Phi) is 32.1. The Morgan fingerprint density at radius 2 is 1.15 bits per heavy atom. The van der Waals surface area contributed by atoms with E-state index in [1.54, 1.807) is 0 Å². The zero-order valence-electron chi connectivity index (χ0n) is 30.0. The van der Waals surface area contributed by atoms with Gasteiger partial charge in [0.05, 0.1) is 6.61 Å². The van der Waals surface area contributed by atoms with Crippen LogP contribution < -0.4 is 0 Å². The van der Waals surface area contributed by atoms with Gasteiger partial charge in [0.25, 0.3) is 0 Å². The Bertz CT molecular complexity index is 938. The number of carbonyl (C=O) groups is 2. The Labute approximate surface area is 291 Å². The number of aliphatic hydroxyl groups excluding tert-OH is 1. The molecule has 0 aliphatic carbocycles. The van der Waals surface area contributed by atoms with E-state index in [4.69, 9.17) is 24.4 Å². The maximum absolute atomic E-state index is 12.3. The van der Waals surface area contributed by atoms with Gasteiger partial charge < -0.3 is 24.4 Å². The fourth-order valence-electron chi connectivity index (χ4n) is 4.79. The fourth-order valence-corrected chi connectivity index (χ4v) is 5.15. The number of phosphoric acid groups is 1. The number of ether oxygens (including phenoxy) is 2. The summed E-state index contributed by atoms with van der Waals surface area (Å²) in [6, 6.07) is 0. The van der Waals surface area contributed by atoms with Crippen LogP contribution in [-0.2, 0) is 28.2 Å². The van der Waals surface area contributed by atoms with Crippen LogP contribution in [-0.4, -0.2) is 52.8 Å². The van der Waals surface area contributed by atoms with Gasteiger partial charge in [0.2, 0.25) is 0 Å². The molecule has 0 aliphatic rings. The minimum absolute atomic E-state index is 0.125. The molecule has 0 heterocycles. The number of rotatable bonds is 33. The number of aliphatic hydroxyl groups is 1. The average molecular weight is 699 g/mol.